The van der Waals surface area contributed by atoms with E-state index in [9.17, 15) is 0 Å². The summed E-state index contributed by atoms with van der Waals surface area (Å²) < 4.78 is 4.75. The number of nitrogens with zero attached hydrogens (tertiary/aromatic N) is 9. The molecule has 0 aliphatic heterocycles. The Bertz CT molecular complexity index is 6950. The van der Waals surface area contributed by atoms with Crippen LogP contribution in [0.4, 0.5) is 0 Å². The summed E-state index contributed by atoms with van der Waals surface area (Å²) in [5.41, 5.74) is 26.9. The molecule has 0 radical (unpaired) electrons. The van der Waals surface area contributed by atoms with E-state index >= 15 is 0 Å². The zero-order valence-electron chi connectivity index (χ0n) is 60.7. The molecule has 0 spiro atoms. The Balaban J connectivity index is 0.000000147. The predicted molar refractivity (Wildman–Crippen MR) is 461 cm³/mol. The van der Waals surface area contributed by atoms with Gasteiger partial charge in [-0.3, -0.25) is 0 Å². The molecule has 21 rings (SSSR count). The maximum absolute atomic E-state index is 5.40. The molecular formula is C103H67N9. The van der Waals surface area contributed by atoms with Gasteiger partial charge in [0.15, 0.2) is 23.3 Å². The lowest BCUT2D eigenvalue weighted by atomic mass is 10.00. The zero-order valence-corrected chi connectivity index (χ0v) is 60.7. The quantitative estimate of drug-likeness (QED) is 0.113. The average molecular weight is 1430 g/mol. The molecule has 0 aliphatic carbocycles. The summed E-state index contributed by atoms with van der Waals surface area (Å²) >= 11 is 0. The Morgan fingerprint density at radius 2 is 0.438 bits per heavy atom. The van der Waals surface area contributed by atoms with Crippen LogP contribution in [0.2, 0.25) is 0 Å². The largest absolute Gasteiger partial charge is 0.308 e. The average Bonchev–Trinajstić information content (AvgIpc) is 1.56. The van der Waals surface area contributed by atoms with Crippen LogP contribution in [0, 0.1) is 0 Å². The zero-order chi connectivity index (χ0) is 74.3. The fourth-order valence-electron chi connectivity index (χ4n) is 15.7. The van der Waals surface area contributed by atoms with Gasteiger partial charge in [0.1, 0.15) is 0 Å². The van der Waals surface area contributed by atoms with E-state index in [2.05, 4.69) is 391 Å². The van der Waals surface area contributed by atoms with Crippen molar-refractivity contribution in [3.05, 3.63) is 406 Å². The molecule has 0 unspecified atom stereocenters. The first kappa shape index (κ1) is 66.3. The molecule has 6 heterocycles. The number of rotatable bonds is 13. The number of benzene rings is 15. The second-order valence-corrected chi connectivity index (χ2v) is 27.9. The third-order valence-corrected chi connectivity index (χ3v) is 21.0. The summed E-state index contributed by atoms with van der Waals surface area (Å²) in [4.78, 5) is 36.6. The van der Waals surface area contributed by atoms with Crippen LogP contribution in [0.25, 0.3) is 201 Å². The minimum absolute atomic E-state index is 0.592. The first-order chi connectivity index (χ1) is 55.5. The van der Waals surface area contributed by atoms with E-state index in [4.69, 9.17) is 34.9 Å². The number of fused-ring (bicyclic) bond motifs is 10. The minimum Gasteiger partial charge on any atom is -0.308 e. The van der Waals surface area contributed by atoms with E-state index in [0.29, 0.717) is 23.3 Å². The predicted octanol–water partition coefficient (Wildman–Crippen LogP) is 26.0. The number of aromatic nitrogens is 9. The van der Waals surface area contributed by atoms with E-state index in [0.717, 1.165) is 166 Å². The Hall–Kier alpha value is -15.2. The van der Waals surface area contributed by atoms with Crippen molar-refractivity contribution in [2.45, 2.75) is 0 Å². The van der Waals surface area contributed by atoms with Gasteiger partial charge in [-0.2, -0.15) is 0 Å². The van der Waals surface area contributed by atoms with Gasteiger partial charge in [-0.15, -0.1) is 0 Å². The summed E-state index contributed by atoms with van der Waals surface area (Å²) in [6.45, 7) is 0. The Kier molecular flexibility index (Phi) is 17.1. The molecule has 112 heavy (non-hydrogen) atoms. The number of hydrogen-bond donors (Lipinski definition) is 0. The van der Waals surface area contributed by atoms with Crippen molar-refractivity contribution >= 4 is 65.4 Å². The molecule has 0 saturated carbocycles. The van der Waals surface area contributed by atoms with Crippen molar-refractivity contribution in [2.75, 3.05) is 0 Å². The van der Waals surface area contributed by atoms with Gasteiger partial charge in [0.05, 0.1) is 55.9 Å². The summed E-state index contributed by atoms with van der Waals surface area (Å²) in [5.74, 6) is 2.48. The molecular weight excluding hydrogens is 1360 g/mol. The van der Waals surface area contributed by atoms with Crippen molar-refractivity contribution < 1.29 is 0 Å². The van der Waals surface area contributed by atoms with Gasteiger partial charge in [-0.1, -0.05) is 340 Å². The molecule has 0 amide bonds. The van der Waals surface area contributed by atoms with E-state index in [1.807, 2.05) is 24.3 Å². The normalized spacial score (nSPS) is 11.4. The number of hydrogen-bond acceptors (Lipinski definition) is 7. The second-order valence-electron chi connectivity index (χ2n) is 27.9. The lowest BCUT2D eigenvalue weighted by Gasteiger charge is -2.13. The molecule has 524 valence electrons. The summed E-state index contributed by atoms with van der Waals surface area (Å²) in [5, 5.41) is 6.75. The topological polar surface area (TPSA) is 100 Å². The molecule has 9 heteroatoms. The molecule has 0 atom stereocenters. The smallest absolute Gasteiger partial charge is 0.164 e. The Morgan fingerprint density at radius 1 is 0.170 bits per heavy atom. The maximum atomic E-state index is 5.40. The Morgan fingerprint density at radius 3 is 0.830 bits per heavy atom. The highest BCUT2D eigenvalue weighted by Gasteiger charge is 2.25. The molecule has 0 saturated heterocycles. The summed E-state index contributed by atoms with van der Waals surface area (Å²) in [6.07, 6.45) is 0. The van der Waals surface area contributed by atoms with Gasteiger partial charge in [-0.25, -0.2) is 34.9 Å². The van der Waals surface area contributed by atoms with Crippen LogP contribution < -0.4 is 0 Å². The van der Waals surface area contributed by atoms with E-state index in [-0.39, 0.29) is 0 Å². The molecule has 21 aromatic rings. The molecule has 0 bridgehead atoms. The highest BCUT2D eigenvalue weighted by Crippen LogP contribution is 2.45. The van der Waals surface area contributed by atoms with E-state index in [1.54, 1.807) is 0 Å². The minimum atomic E-state index is 0.592. The molecule has 9 nitrogen and oxygen atoms in total. The molecule has 6 aromatic heterocycles. The molecule has 0 aliphatic rings. The number of pyridine rings is 2. The monoisotopic (exact) mass is 1430 g/mol. The number of para-hydroxylation sites is 6. The summed E-state index contributed by atoms with van der Waals surface area (Å²) in [7, 11) is 0. The maximum Gasteiger partial charge on any atom is 0.164 e. The summed E-state index contributed by atoms with van der Waals surface area (Å²) in [6, 6.07) is 142. The van der Waals surface area contributed by atoms with Crippen LogP contribution >= 0.6 is 0 Å². The van der Waals surface area contributed by atoms with Crippen molar-refractivity contribution in [1.29, 1.82) is 0 Å². The fraction of sp³-hybridized carbons (Fsp3) is 0. The third-order valence-electron chi connectivity index (χ3n) is 21.0. The first-order valence-corrected chi connectivity index (χ1v) is 37.7. The van der Waals surface area contributed by atoms with Crippen LogP contribution in [0.3, 0.4) is 0 Å². The van der Waals surface area contributed by atoms with Crippen molar-refractivity contribution in [2.24, 2.45) is 0 Å². The highest BCUT2D eigenvalue weighted by atomic mass is 15.0. The van der Waals surface area contributed by atoms with Crippen molar-refractivity contribution in [3.63, 3.8) is 0 Å². The van der Waals surface area contributed by atoms with Crippen LogP contribution in [-0.2, 0) is 0 Å². The third kappa shape index (κ3) is 12.5. The lowest BCUT2D eigenvalue weighted by Crippen LogP contribution is -2.00. The van der Waals surface area contributed by atoms with Crippen LogP contribution in [0.1, 0.15) is 0 Å². The lowest BCUT2D eigenvalue weighted by molar-refractivity contribution is 1.07. The van der Waals surface area contributed by atoms with Crippen LogP contribution in [0.5, 0.6) is 0 Å². The van der Waals surface area contributed by atoms with Gasteiger partial charge < -0.3 is 9.13 Å². The highest BCUT2D eigenvalue weighted by molar-refractivity contribution is 6.24. The van der Waals surface area contributed by atoms with E-state index < -0.39 is 0 Å². The van der Waals surface area contributed by atoms with Gasteiger partial charge in [0.2, 0.25) is 0 Å². The molecule has 15 aromatic carbocycles. The van der Waals surface area contributed by atoms with Gasteiger partial charge in [0, 0.05) is 88.2 Å². The van der Waals surface area contributed by atoms with Gasteiger partial charge in [-0.05, 0) is 100 Å². The van der Waals surface area contributed by atoms with Crippen molar-refractivity contribution in [3.8, 4) is 135 Å². The first-order valence-electron chi connectivity index (χ1n) is 37.7. The van der Waals surface area contributed by atoms with Crippen molar-refractivity contribution in [1.82, 2.24) is 44.0 Å². The molecule has 0 N–H and O–H groups in total. The molecule has 0 fully saturated rings. The standard InChI is InChI=1S/C54H35N5.C49H32N4/c1-4-15-36(16-5-1)38-27-31-40(32-28-38)52-56-53(41-33-29-39(30-34-41)37-17-6-2-7-18-37)58-54(57-52)43-20-14-19-42(35-43)50-49-46-24-11-13-26-48(46)59(44-21-8-3-9-22-44)51(49)45-23-10-12-25-47(45)55-50;1-4-15-33(16-5-1)34-27-29-36(30-28-34)44-32-43(35-17-6-2-7-18-35)51-49(52-44)38-20-14-19-37(31-38)47-46-41-24-11-13-26-45(41)53(39-21-8-3-9-22-39)48(46)40-23-10-12-25-42(40)50-47/h1-35H;1-32H. The van der Waals surface area contributed by atoms with Crippen LogP contribution in [0.15, 0.2) is 406 Å². The van der Waals surface area contributed by atoms with Crippen LogP contribution in [-0.4, -0.2) is 44.0 Å². The van der Waals surface area contributed by atoms with E-state index in [1.165, 1.54) is 11.1 Å². The van der Waals surface area contributed by atoms with Gasteiger partial charge in [0.25, 0.3) is 0 Å². The van der Waals surface area contributed by atoms with Gasteiger partial charge >= 0.3 is 0 Å². The second kappa shape index (κ2) is 28.8. The Labute approximate surface area is 647 Å². The SMILES string of the molecule is c1ccc(-c2ccc(-c3cc(-c4ccccc4)nc(-c4cccc(-c5nc6ccccc6c6c5c5ccccc5n6-c5ccccc5)c4)n3)cc2)cc1.c1ccc(-c2ccc(-c3nc(-c4ccc(-c5ccccc5)cc4)nc(-c4cccc(-c5nc6ccccc6c6c5c5ccccc5n6-c5ccccc5)c4)n3)cc2)cc1. The fourth-order valence-corrected chi connectivity index (χ4v) is 15.7.